The number of rotatable bonds is 7. The molecule has 0 radical (unpaired) electrons. The van der Waals surface area contributed by atoms with Crippen molar-refractivity contribution in [2.24, 2.45) is 5.16 Å². The topological polar surface area (TPSA) is 107 Å². The summed E-state index contributed by atoms with van der Waals surface area (Å²) in [5, 5.41) is 11.9. The van der Waals surface area contributed by atoms with Crippen molar-refractivity contribution in [1.29, 1.82) is 0 Å². The molecule has 5 heterocycles. The van der Waals surface area contributed by atoms with Gasteiger partial charge in [-0.15, -0.1) is 5.10 Å². The van der Waals surface area contributed by atoms with Gasteiger partial charge >= 0.3 is 6.09 Å². The van der Waals surface area contributed by atoms with Gasteiger partial charge in [-0.25, -0.2) is 13.9 Å². The Morgan fingerprint density at radius 1 is 1.08 bits per heavy atom. The maximum atomic E-state index is 15.1. The average molecular weight is 508 g/mol. The molecular weight excluding hydrogens is 481 g/mol. The van der Waals surface area contributed by atoms with Gasteiger partial charge in [0, 0.05) is 49.6 Å². The van der Waals surface area contributed by atoms with Gasteiger partial charge in [0.1, 0.15) is 23.7 Å². The molecular formula is C25H26FN7O4. The molecule has 1 unspecified atom stereocenters. The zero-order chi connectivity index (χ0) is 25.2. The Kier molecular flexibility index (Phi) is 6.49. The van der Waals surface area contributed by atoms with Gasteiger partial charge in [-0.2, -0.15) is 0 Å². The number of benzene rings is 1. The minimum absolute atomic E-state index is 0.00680. The van der Waals surface area contributed by atoms with E-state index in [0.717, 1.165) is 38.6 Å². The summed E-state index contributed by atoms with van der Waals surface area (Å²) in [4.78, 5) is 26.2. The Morgan fingerprint density at radius 3 is 2.73 bits per heavy atom. The average Bonchev–Trinajstić information content (AvgIpc) is 3.67. The number of aromatic nitrogens is 4. The highest BCUT2D eigenvalue weighted by molar-refractivity contribution is 5.99. The fourth-order valence-electron chi connectivity index (χ4n) is 4.75. The number of hydrogen-bond acceptors (Lipinski definition) is 9. The summed E-state index contributed by atoms with van der Waals surface area (Å²) in [7, 11) is 0. The molecule has 0 N–H and O–H groups in total. The van der Waals surface area contributed by atoms with Crippen molar-refractivity contribution in [2.75, 3.05) is 44.3 Å². The number of anilines is 1. The molecule has 2 fully saturated rings. The van der Waals surface area contributed by atoms with E-state index in [-0.39, 0.29) is 6.10 Å². The number of amides is 1. The van der Waals surface area contributed by atoms with Crippen molar-refractivity contribution in [1.82, 2.24) is 24.9 Å². The molecule has 0 spiro atoms. The van der Waals surface area contributed by atoms with E-state index in [1.807, 2.05) is 12.1 Å². The van der Waals surface area contributed by atoms with E-state index in [4.69, 9.17) is 14.3 Å². The van der Waals surface area contributed by atoms with E-state index in [0.29, 0.717) is 42.0 Å². The van der Waals surface area contributed by atoms with Crippen molar-refractivity contribution in [3.63, 3.8) is 0 Å². The van der Waals surface area contributed by atoms with Crippen molar-refractivity contribution in [3.8, 4) is 11.1 Å². The number of cyclic esters (lactones) is 1. The Balaban J connectivity index is 1.09. The molecule has 0 saturated carbocycles. The van der Waals surface area contributed by atoms with Crippen LogP contribution in [0.5, 0.6) is 0 Å². The van der Waals surface area contributed by atoms with E-state index in [2.05, 4.69) is 25.4 Å². The maximum absolute atomic E-state index is 15.1. The SMILES string of the molecule is O=C1OC(Cn2ccnn2)CN1c1ccc(-c2ccc(C3=NO[C@@H](CN4CCOCC4)C3)nc2)c(F)c1. The fourth-order valence-corrected chi connectivity index (χ4v) is 4.75. The third-order valence-electron chi connectivity index (χ3n) is 6.67. The van der Waals surface area contributed by atoms with E-state index >= 15 is 4.39 Å². The first-order valence-electron chi connectivity index (χ1n) is 12.2. The highest BCUT2D eigenvalue weighted by Crippen LogP contribution is 2.29. The lowest BCUT2D eigenvalue weighted by Gasteiger charge is -2.27. The molecule has 2 atom stereocenters. The summed E-state index contributed by atoms with van der Waals surface area (Å²) in [6.45, 7) is 4.76. The molecule has 3 aromatic rings. The first-order valence-corrected chi connectivity index (χ1v) is 12.2. The zero-order valence-electron chi connectivity index (χ0n) is 20.1. The van der Waals surface area contributed by atoms with Gasteiger partial charge < -0.3 is 14.3 Å². The molecule has 2 aromatic heterocycles. The van der Waals surface area contributed by atoms with Crippen LogP contribution in [0.2, 0.25) is 0 Å². The smallest absolute Gasteiger partial charge is 0.414 e. The summed E-state index contributed by atoms with van der Waals surface area (Å²) in [5.74, 6) is -0.452. The predicted molar refractivity (Wildman–Crippen MR) is 131 cm³/mol. The van der Waals surface area contributed by atoms with Crippen LogP contribution in [0, 0.1) is 5.82 Å². The first kappa shape index (κ1) is 23.5. The molecule has 37 heavy (non-hydrogen) atoms. The van der Waals surface area contributed by atoms with E-state index in [1.165, 1.54) is 11.0 Å². The van der Waals surface area contributed by atoms with Gasteiger partial charge in [0.05, 0.1) is 43.9 Å². The molecule has 12 heteroatoms. The molecule has 3 aliphatic rings. The van der Waals surface area contributed by atoms with Crippen molar-refractivity contribution in [3.05, 3.63) is 60.4 Å². The third-order valence-corrected chi connectivity index (χ3v) is 6.67. The largest absolute Gasteiger partial charge is 0.442 e. The second-order valence-electron chi connectivity index (χ2n) is 9.22. The van der Waals surface area contributed by atoms with E-state index in [1.54, 1.807) is 35.4 Å². The maximum Gasteiger partial charge on any atom is 0.414 e. The number of carbonyl (C=O) groups is 1. The summed E-state index contributed by atoms with van der Waals surface area (Å²) in [5.41, 5.74) is 2.95. The number of oxime groups is 1. The number of hydrogen-bond donors (Lipinski definition) is 0. The highest BCUT2D eigenvalue weighted by atomic mass is 19.1. The van der Waals surface area contributed by atoms with E-state index < -0.39 is 18.0 Å². The molecule has 2 saturated heterocycles. The van der Waals surface area contributed by atoms with Crippen molar-refractivity contribution < 1.29 is 23.5 Å². The Morgan fingerprint density at radius 2 is 1.97 bits per heavy atom. The molecule has 192 valence electrons. The van der Waals surface area contributed by atoms with Crippen LogP contribution in [0.3, 0.4) is 0 Å². The molecule has 1 amide bonds. The van der Waals surface area contributed by atoms with Crippen LogP contribution in [0.4, 0.5) is 14.9 Å². The molecule has 0 aliphatic carbocycles. The van der Waals surface area contributed by atoms with Gasteiger partial charge in [0.25, 0.3) is 0 Å². The molecule has 1 aromatic carbocycles. The summed E-state index contributed by atoms with van der Waals surface area (Å²) in [6.07, 6.45) is 4.63. The minimum atomic E-state index is -0.519. The molecule has 11 nitrogen and oxygen atoms in total. The Labute approximate surface area is 212 Å². The molecule has 3 aliphatic heterocycles. The van der Waals surface area contributed by atoms with Gasteiger partial charge in [-0.3, -0.25) is 14.8 Å². The second-order valence-corrected chi connectivity index (χ2v) is 9.22. The van der Waals surface area contributed by atoms with Gasteiger partial charge in [-0.1, -0.05) is 16.4 Å². The number of halogens is 1. The van der Waals surface area contributed by atoms with Crippen molar-refractivity contribution in [2.45, 2.75) is 25.2 Å². The predicted octanol–water partition coefficient (Wildman–Crippen LogP) is 2.33. The van der Waals surface area contributed by atoms with E-state index in [9.17, 15) is 4.79 Å². The number of pyridine rings is 1. The van der Waals surface area contributed by atoms with Crippen LogP contribution in [-0.4, -0.2) is 88.3 Å². The lowest BCUT2D eigenvalue weighted by molar-refractivity contribution is -0.0000402. The van der Waals surface area contributed by atoms with Crippen molar-refractivity contribution >= 4 is 17.5 Å². The normalized spacial score (nSPS) is 22.1. The fraction of sp³-hybridized carbons (Fsp3) is 0.400. The number of nitrogens with zero attached hydrogens (tertiary/aromatic N) is 7. The number of ether oxygens (including phenoxy) is 2. The first-order chi connectivity index (χ1) is 18.1. The van der Waals surface area contributed by atoms with Gasteiger partial charge in [0.15, 0.2) is 0 Å². The Bertz CT molecular complexity index is 1280. The Hall–Kier alpha value is -3.90. The van der Waals surface area contributed by atoms with Gasteiger partial charge in [0.2, 0.25) is 0 Å². The second kappa shape index (κ2) is 10.2. The van der Waals surface area contributed by atoms with Gasteiger partial charge in [-0.05, 0) is 24.3 Å². The van der Waals surface area contributed by atoms with Crippen LogP contribution in [0.1, 0.15) is 12.1 Å². The van der Waals surface area contributed by atoms with Crippen LogP contribution in [0.15, 0.2) is 54.1 Å². The lowest BCUT2D eigenvalue weighted by atomic mass is 10.0. The highest BCUT2D eigenvalue weighted by Gasteiger charge is 2.33. The summed E-state index contributed by atoms with van der Waals surface area (Å²) >= 11 is 0. The molecule has 0 bridgehead atoms. The van der Waals surface area contributed by atoms with Crippen LogP contribution < -0.4 is 4.90 Å². The lowest BCUT2D eigenvalue weighted by Crippen LogP contribution is -2.41. The number of morpholine rings is 1. The summed E-state index contributed by atoms with van der Waals surface area (Å²) in [6, 6.07) is 8.34. The molecule has 6 rings (SSSR count). The standard InChI is InChI=1S/C25H26FN7O4/c26-22-11-18(33-16-20(36-25(33)34)15-32-6-5-28-30-32)2-3-21(22)17-1-4-23(27-13-17)24-12-19(37-29-24)14-31-7-9-35-10-8-31/h1-6,11,13,19-20H,7-10,12,14-16H2/t19-,20?/m1/s1. The number of carbonyl (C=O) groups excluding carboxylic acids is 1. The quantitative estimate of drug-likeness (QED) is 0.480. The van der Waals surface area contributed by atoms with Crippen LogP contribution in [0.25, 0.3) is 11.1 Å². The monoisotopic (exact) mass is 507 g/mol. The minimum Gasteiger partial charge on any atom is -0.442 e. The zero-order valence-corrected chi connectivity index (χ0v) is 20.1. The summed E-state index contributed by atoms with van der Waals surface area (Å²) < 4.78 is 27.5. The van der Waals surface area contributed by atoms with Crippen LogP contribution >= 0.6 is 0 Å². The third kappa shape index (κ3) is 5.16. The van der Waals surface area contributed by atoms with Crippen LogP contribution in [-0.2, 0) is 20.9 Å².